The van der Waals surface area contributed by atoms with Gasteiger partial charge in [0.1, 0.15) is 11.9 Å². The van der Waals surface area contributed by atoms with E-state index >= 15 is 0 Å². The second-order valence-corrected chi connectivity index (χ2v) is 9.26. The lowest BCUT2D eigenvalue weighted by atomic mass is 9.97. The lowest BCUT2D eigenvalue weighted by molar-refractivity contribution is -0.298. The van der Waals surface area contributed by atoms with Crippen LogP contribution >= 0.6 is 0 Å². The highest BCUT2D eigenvalue weighted by Crippen LogP contribution is 2.31. The van der Waals surface area contributed by atoms with Gasteiger partial charge in [0.05, 0.1) is 29.9 Å². The Morgan fingerprint density at radius 1 is 0.659 bits per heavy atom. The second kappa shape index (κ2) is 14.3. The molecular weight excluding hydrogens is 532 g/mol. The molecule has 1 aliphatic rings. The average Bonchev–Trinajstić information content (AvgIpc) is 3.00. The van der Waals surface area contributed by atoms with Gasteiger partial charge in [-0.3, -0.25) is 4.79 Å². The summed E-state index contributed by atoms with van der Waals surface area (Å²) in [5.74, 6) is -2.50. The number of rotatable bonds is 11. The van der Waals surface area contributed by atoms with Crippen molar-refractivity contribution >= 4 is 23.7 Å². The number of Topliss-reactive ketones (excluding diaryl/α,β-unsaturated/α-hetero) is 1. The molecule has 0 aliphatic carbocycles. The van der Waals surface area contributed by atoms with Crippen LogP contribution in [-0.2, 0) is 28.5 Å². The summed E-state index contributed by atoms with van der Waals surface area (Å²) >= 11 is 0. The molecule has 5 atom stereocenters. The molecule has 4 rings (SSSR count). The maximum atomic E-state index is 13.2. The van der Waals surface area contributed by atoms with Crippen molar-refractivity contribution in [1.82, 2.24) is 0 Å². The summed E-state index contributed by atoms with van der Waals surface area (Å²) in [6, 6.07) is 24.2. The first-order valence-electron chi connectivity index (χ1n) is 13.0. The average molecular weight is 563 g/mol. The molecule has 0 radical (unpaired) electrons. The summed E-state index contributed by atoms with van der Waals surface area (Å²) in [4.78, 5) is 51.0. The second-order valence-electron chi connectivity index (χ2n) is 9.26. The maximum Gasteiger partial charge on any atom is 0.338 e. The molecule has 1 N–H and O–H groups in total. The van der Waals surface area contributed by atoms with Crippen LogP contribution in [0.1, 0.15) is 44.4 Å². The number of benzene rings is 3. The number of carbonyl (C=O) groups is 4. The third kappa shape index (κ3) is 7.85. The topological polar surface area (TPSA) is 135 Å². The SMILES string of the molecule is CC(=O)CCO[C@@H]1O[C@H](CO)[C@H](OC(=O)c2ccccc2)[C@H](OC(=O)c2ccccc2)[C@H]1OC(=O)c1ccccc1. The number of aliphatic hydroxyl groups is 1. The van der Waals surface area contributed by atoms with Crippen molar-refractivity contribution in [1.29, 1.82) is 0 Å². The Balaban J connectivity index is 1.71. The minimum absolute atomic E-state index is 0.0316. The van der Waals surface area contributed by atoms with Gasteiger partial charge in [0.2, 0.25) is 0 Å². The fourth-order valence-corrected chi connectivity index (χ4v) is 4.18. The third-order valence-corrected chi connectivity index (χ3v) is 6.27. The van der Waals surface area contributed by atoms with Crippen molar-refractivity contribution in [2.24, 2.45) is 0 Å². The Morgan fingerprint density at radius 3 is 1.49 bits per heavy atom. The van der Waals surface area contributed by atoms with Crippen LogP contribution in [0, 0.1) is 0 Å². The van der Waals surface area contributed by atoms with Gasteiger partial charge in [0.25, 0.3) is 0 Å². The van der Waals surface area contributed by atoms with E-state index in [2.05, 4.69) is 0 Å². The lowest BCUT2D eigenvalue weighted by Crippen LogP contribution is -2.63. The Bertz CT molecular complexity index is 1310. The third-order valence-electron chi connectivity index (χ3n) is 6.27. The van der Waals surface area contributed by atoms with Crippen LogP contribution in [0.25, 0.3) is 0 Å². The molecule has 1 heterocycles. The molecule has 1 saturated heterocycles. The van der Waals surface area contributed by atoms with Crippen molar-refractivity contribution in [3.8, 4) is 0 Å². The largest absolute Gasteiger partial charge is 0.452 e. The van der Waals surface area contributed by atoms with Crippen LogP contribution in [0.15, 0.2) is 91.0 Å². The van der Waals surface area contributed by atoms with Gasteiger partial charge in [-0.15, -0.1) is 0 Å². The quantitative estimate of drug-likeness (QED) is 0.274. The van der Waals surface area contributed by atoms with E-state index in [1.165, 1.54) is 43.3 Å². The van der Waals surface area contributed by atoms with Gasteiger partial charge in [0, 0.05) is 6.42 Å². The van der Waals surface area contributed by atoms with E-state index in [1.807, 2.05) is 0 Å². The molecule has 41 heavy (non-hydrogen) atoms. The van der Waals surface area contributed by atoms with E-state index in [4.69, 9.17) is 23.7 Å². The van der Waals surface area contributed by atoms with Crippen molar-refractivity contribution < 1.29 is 48.0 Å². The highest BCUT2D eigenvalue weighted by Gasteiger charge is 2.53. The van der Waals surface area contributed by atoms with Gasteiger partial charge >= 0.3 is 17.9 Å². The molecule has 0 saturated carbocycles. The molecule has 1 aliphatic heterocycles. The van der Waals surface area contributed by atoms with E-state index in [-0.39, 0.29) is 35.5 Å². The number of ketones is 1. The summed E-state index contributed by atoms with van der Waals surface area (Å²) in [7, 11) is 0. The van der Waals surface area contributed by atoms with E-state index in [1.54, 1.807) is 54.6 Å². The molecule has 0 aromatic heterocycles. The van der Waals surface area contributed by atoms with Gasteiger partial charge < -0.3 is 28.8 Å². The van der Waals surface area contributed by atoms with E-state index in [9.17, 15) is 24.3 Å². The van der Waals surface area contributed by atoms with Gasteiger partial charge in [-0.25, -0.2) is 14.4 Å². The minimum atomic E-state index is -1.46. The standard InChI is InChI=1S/C31H30O10/c1-20(33)17-18-37-31-27(41-30(36)23-15-9-4-10-16-23)26(40-29(35)22-13-7-3-8-14-22)25(24(19-32)38-31)39-28(34)21-11-5-2-6-12-21/h2-16,24-27,31-32H,17-19H2,1H3/t24-,25+,26+,27-,31-/m1/s1. The highest BCUT2D eigenvalue weighted by atomic mass is 16.7. The number of hydrogen-bond acceptors (Lipinski definition) is 10. The summed E-state index contributed by atoms with van der Waals surface area (Å²) in [6.45, 7) is 0.626. The van der Waals surface area contributed by atoms with Crippen LogP contribution in [-0.4, -0.2) is 72.7 Å². The molecular formula is C31H30O10. The number of aliphatic hydroxyl groups excluding tert-OH is 1. The first-order valence-corrected chi connectivity index (χ1v) is 13.0. The predicted molar refractivity (Wildman–Crippen MR) is 144 cm³/mol. The molecule has 0 amide bonds. The zero-order valence-corrected chi connectivity index (χ0v) is 22.3. The number of carbonyl (C=O) groups excluding carboxylic acids is 4. The maximum absolute atomic E-state index is 13.2. The van der Waals surface area contributed by atoms with Crippen LogP contribution in [0.2, 0.25) is 0 Å². The number of ether oxygens (including phenoxy) is 5. The zero-order valence-electron chi connectivity index (χ0n) is 22.3. The molecule has 0 bridgehead atoms. The first kappa shape index (κ1) is 29.6. The summed E-state index contributed by atoms with van der Waals surface area (Å²) in [5.41, 5.74) is 0.593. The zero-order chi connectivity index (χ0) is 29.2. The minimum Gasteiger partial charge on any atom is -0.452 e. The monoisotopic (exact) mass is 562 g/mol. The molecule has 10 nitrogen and oxygen atoms in total. The Morgan fingerprint density at radius 2 is 1.07 bits per heavy atom. The van der Waals surface area contributed by atoms with Crippen LogP contribution in [0.3, 0.4) is 0 Å². The molecule has 3 aromatic rings. The molecule has 1 fully saturated rings. The fraction of sp³-hybridized carbons (Fsp3) is 0.290. The van der Waals surface area contributed by atoms with Gasteiger partial charge in [-0.1, -0.05) is 54.6 Å². The van der Waals surface area contributed by atoms with Crippen LogP contribution in [0.4, 0.5) is 0 Å². The van der Waals surface area contributed by atoms with Gasteiger partial charge in [-0.2, -0.15) is 0 Å². The molecule has 0 unspecified atom stereocenters. The normalized spacial score (nSPS) is 21.9. The number of esters is 3. The highest BCUT2D eigenvalue weighted by molar-refractivity contribution is 5.91. The summed E-state index contributed by atoms with van der Waals surface area (Å²) in [5, 5.41) is 10.2. The van der Waals surface area contributed by atoms with Crippen molar-refractivity contribution in [2.45, 2.75) is 44.1 Å². The van der Waals surface area contributed by atoms with E-state index in [0.29, 0.717) is 0 Å². The summed E-state index contributed by atoms with van der Waals surface area (Å²) < 4.78 is 29.0. The fourth-order valence-electron chi connectivity index (χ4n) is 4.18. The van der Waals surface area contributed by atoms with E-state index < -0.39 is 55.2 Å². The summed E-state index contributed by atoms with van der Waals surface area (Å²) in [6.07, 6.45) is -6.88. The lowest BCUT2D eigenvalue weighted by Gasteiger charge is -2.44. The first-order chi connectivity index (χ1) is 19.9. The Labute approximate surface area is 236 Å². The van der Waals surface area contributed by atoms with Crippen molar-refractivity contribution in [3.05, 3.63) is 108 Å². The molecule has 214 valence electrons. The van der Waals surface area contributed by atoms with Gasteiger partial charge in [0.15, 0.2) is 24.6 Å². The molecule has 0 spiro atoms. The van der Waals surface area contributed by atoms with Gasteiger partial charge in [-0.05, 0) is 43.3 Å². The van der Waals surface area contributed by atoms with E-state index in [0.717, 1.165) is 0 Å². The molecule has 10 heteroatoms. The van der Waals surface area contributed by atoms with Crippen molar-refractivity contribution in [2.75, 3.05) is 13.2 Å². The Hall–Kier alpha value is -4.38. The molecule has 3 aromatic carbocycles. The van der Waals surface area contributed by atoms with Crippen LogP contribution in [0.5, 0.6) is 0 Å². The smallest absolute Gasteiger partial charge is 0.338 e. The van der Waals surface area contributed by atoms with Crippen molar-refractivity contribution in [3.63, 3.8) is 0 Å². The van der Waals surface area contributed by atoms with Crippen LogP contribution < -0.4 is 0 Å². The Kier molecular flexibility index (Phi) is 10.3. The predicted octanol–water partition coefficient (Wildman–Crippen LogP) is 3.38. The number of hydrogen-bond donors (Lipinski definition) is 1.